The first kappa shape index (κ1) is 18.4. The van der Waals surface area contributed by atoms with E-state index in [4.69, 9.17) is 5.11 Å². The van der Waals surface area contributed by atoms with Crippen LogP contribution in [0.15, 0.2) is 30.3 Å². The molecule has 6 nitrogen and oxygen atoms in total. The molecule has 6 heteroatoms. The maximum Gasteiger partial charge on any atom is 0.305 e. The van der Waals surface area contributed by atoms with E-state index in [1.807, 2.05) is 18.2 Å². The molecule has 0 radical (unpaired) electrons. The fourth-order valence-corrected chi connectivity index (χ4v) is 4.37. The maximum absolute atomic E-state index is 13.1. The van der Waals surface area contributed by atoms with Crippen molar-refractivity contribution < 1.29 is 19.5 Å². The Morgan fingerprint density at radius 1 is 1.19 bits per heavy atom. The summed E-state index contributed by atoms with van der Waals surface area (Å²) in [7, 11) is 0. The second kappa shape index (κ2) is 7.89. The summed E-state index contributed by atoms with van der Waals surface area (Å²) < 4.78 is 0. The van der Waals surface area contributed by atoms with Crippen LogP contribution in [0.2, 0.25) is 0 Å². The summed E-state index contributed by atoms with van der Waals surface area (Å²) in [6.07, 6.45) is 4.71. The summed E-state index contributed by atoms with van der Waals surface area (Å²) in [5.41, 5.74) is 0.593. The first-order valence-electron chi connectivity index (χ1n) is 9.37. The first-order chi connectivity index (χ1) is 12.5. The van der Waals surface area contributed by atoms with Crippen molar-refractivity contribution in [2.75, 3.05) is 0 Å². The van der Waals surface area contributed by atoms with E-state index in [0.29, 0.717) is 17.9 Å². The van der Waals surface area contributed by atoms with E-state index in [0.717, 1.165) is 25.7 Å². The topological polar surface area (TPSA) is 86.7 Å². The average Bonchev–Trinajstić information content (AvgIpc) is 3.00. The summed E-state index contributed by atoms with van der Waals surface area (Å²) in [6.45, 7) is 1.68. The van der Waals surface area contributed by atoms with Gasteiger partial charge in [-0.2, -0.15) is 0 Å². The Balaban J connectivity index is 1.81. The number of carboxylic acids is 1. The molecule has 140 valence electrons. The third kappa shape index (κ3) is 3.89. The number of hydrogen-bond donors (Lipinski definition) is 2. The SMILES string of the molecule is CC(CC(=O)O)NC(=O)C1CC2CCCCC2N1C(=O)c1ccccc1. The van der Waals surface area contributed by atoms with Crippen LogP contribution in [0, 0.1) is 5.92 Å². The molecule has 4 atom stereocenters. The second-order valence-corrected chi connectivity index (χ2v) is 7.45. The van der Waals surface area contributed by atoms with Gasteiger partial charge in [-0.05, 0) is 44.2 Å². The van der Waals surface area contributed by atoms with Crippen molar-refractivity contribution in [2.24, 2.45) is 5.92 Å². The standard InChI is InChI=1S/C20H26N2O4/c1-13(11-18(23)24)21-19(25)17-12-15-9-5-6-10-16(15)22(17)20(26)14-7-3-2-4-8-14/h2-4,7-8,13,15-17H,5-6,9-12H2,1H3,(H,21,25)(H,23,24). The zero-order valence-corrected chi connectivity index (χ0v) is 15.1. The molecule has 3 rings (SSSR count). The van der Waals surface area contributed by atoms with Crippen LogP contribution in [0.1, 0.15) is 55.8 Å². The zero-order chi connectivity index (χ0) is 18.7. The minimum Gasteiger partial charge on any atom is -0.481 e. The van der Waals surface area contributed by atoms with Gasteiger partial charge in [0.25, 0.3) is 5.91 Å². The minimum absolute atomic E-state index is 0.0991. The zero-order valence-electron chi connectivity index (χ0n) is 15.1. The second-order valence-electron chi connectivity index (χ2n) is 7.45. The van der Waals surface area contributed by atoms with Gasteiger partial charge >= 0.3 is 5.97 Å². The van der Waals surface area contributed by atoms with Crippen LogP contribution in [-0.2, 0) is 9.59 Å². The Hall–Kier alpha value is -2.37. The molecule has 1 aliphatic heterocycles. The van der Waals surface area contributed by atoms with Gasteiger partial charge in [-0.1, -0.05) is 31.0 Å². The largest absolute Gasteiger partial charge is 0.481 e. The van der Waals surface area contributed by atoms with E-state index in [9.17, 15) is 14.4 Å². The van der Waals surface area contributed by atoms with Gasteiger partial charge in [-0.15, -0.1) is 0 Å². The molecule has 0 aromatic heterocycles. The van der Waals surface area contributed by atoms with Crippen LogP contribution in [0.4, 0.5) is 0 Å². The number of nitrogens with zero attached hydrogens (tertiary/aromatic N) is 1. The Morgan fingerprint density at radius 2 is 1.88 bits per heavy atom. The highest BCUT2D eigenvalue weighted by atomic mass is 16.4. The third-order valence-corrected chi connectivity index (χ3v) is 5.52. The van der Waals surface area contributed by atoms with Crippen molar-refractivity contribution >= 4 is 17.8 Å². The Labute approximate surface area is 153 Å². The molecule has 1 aromatic rings. The number of aliphatic carboxylic acids is 1. The summed E-state index contributed by atoms with van der Waals surface area (Å²) in [4.78, 5) is 38.6. The third-order valence-electron chi connectivity index (χ3n) is 5.52. The van der Waals surface area contributed by atoms with Crippen molar-refractivity contribution in [3.05, 3.63) is 35.9 Å². The summed E-state index contributed by atoms with van der Waals surface area (Å²) in [5, 5.41) is 11.7. The summed E-state index contributed by atoms with van der Waals surface area (Å²) in [5.74, 6) is -0.944. The number of benzene rings is 1. The Kier molecular flexibility index (Phi) is 5.59. The van der Waals surface area contributed by atoms with Crippen LogP contribution >= 0.6 is 0 Å². The normalized spacial score (nSPS) is 26.0. The van der Waals surface area contributed by atoms with E-state index in [1.54, 1.807) is 24.0 Å². The van der Waals surface area contributed by atoms with E-state index in [2.05, 4.69) is 5.32 Å². The van der Waals surface area contributed by atoms with Gasteiger partial charge in [0.05, 0.1) is 6.42 Å². The van der Waals surface area contributed by atoms with Crippen LogP contribution in [-0.4, -0.2) is 45.9 Å². The van der Waals surface area contributed by atoms with Crippen molar-refractivity contribution in [3.63, 3.8) is 0 Å². The number of carbonyl (C=O) groups is 3. The summed E-state index contributed by atoms with van der Waals surface area (Å²) >= 11 is 0. The average molecular weight is 358 g/mol. The molecule has 2 N–H and O–H groups in total. The number of nitrogens with one attached hydrogen (secondary N) is 1. The van der Waals surface area contributed by atoms with Crippen molar-refractivity contribution in [1.82, 2.24) is 10.2 Å². The predicted molar refractivity (Wildman–Crippen MR) is 96.6 cm³/mol. The van der Waals surface area contributed by atoms with E-state index in [1.165, 1.54) is 0 Å². The smallest absolute Gasteiger partial charge is 0.305 e. The van der Waals surface area contributed by atoms with Gasteiger partial charge in [0.15, 0.2) is 0 Å². The number of amides is 2. The summed E-state index contributed by atoms with van der Waals surface area (Å²) in [6, 6.07) is 8.19. The highest BCUT2D eigenvalue weighted by Gasteiger charge is 2.47. The lowest BCUT2D eigenvalue weighted by Gasteiger charge is -2.34. The van der Waals surface area contributed by atoms with Crippen molar-refractivity contribution in [3.8, 4) is 0 Å². The van der Waals surface area contributed by atoms with Gasteiger partial charge in [0.1, 0.15) is 6.04 Å². The quantitative estimate of drug-likeness (QED) is 0.846. The molecule has 0 bridgehead atoms. The number of fused-ring (bicyclic) bond motifs is 1. The highest BCUT2D eigenvalue weighted by molar-refractivity contribution is 5.98. The van der Waals surface area contributed by atoms with Crippen molar-refractivity contribution in [2.45, 2.75) is 63.6 Å². The molecule has 1 saturated heterocycles. The van der Waals surface area contributed by atoms with Gasteiger partial charge in [-0.3, -0.25) is 14.4 Å². The van der Waals surface area contributed by atoms with Crippen LogP contribution in [0.5, 0.6) is 0 Å². The van der Waals surface area contributed by atoms with Crippen LogP contribution in [0.3, 0.4) is 0 Å². The predicted octanol–water partition coefficient (Wildman–Crippen LogP) is 2.44. The molecule has 2 amide bonds. The van der Waals surface area contributed by atoms with Crippen LogP contribution < -0.4 is 5.32 Å². The first-order valence-corrected chi connectivity index (χ1v) is 9.37. The molecular formula is C20H26N2O4. The Bertz CT molecular complexity index is 676. The minimum atomic E-state index is -0.949. The van der Waals surface area contributed by atoms with Crippen molar-refractivity contribution in [1.29, 1.82) is 0 Å². The lowest BCUT2D eigenvalue weighted by atomic mass is 9.84. The molecule has 1 aliphatic carbocycles. The molecule has 0 spiro atoms. The highest BCUT2D eigenvalue weighted by Crippen LogP contribution is 2.40. The van der Waals surface area contributed by atoms with E-state index in [-0.39, 0.29) is 24.3 Å². The number of likely N-dealkylation sites (tertiary alicyclic amines) is 1. The molecule has 2 fully saturated rings. The lowest BCUT2D eigenvalue weighted by molar-refractivity contribution is -0.137. The van der Waals surface area contributed by atoms with Gasteiger partial charge in [-0.25, -0.2) is 0 Å². The number of carbonyl (C=O) groups excluding carboxylic acids is 2. The molecule has 26 heavy (non-hydrogen) atoms. The van der Waals surface area contributed by atoms with E-state index >= 15 is 0 Å². The lowest BCUT2D eigenvalue weighted by Crippen LogP contribution is -2.51. The fraction of sp³-hybridized carbons (Fsp3) is 0.550. The number of rotatable bonds is 5. The Morgan fingerprint density at radius 3 is 2.58 bits per heavy atom. The van der Waals surface area contributed by atoms with Gasteiger partial charge in [0.2, 0.25) is 5.91 Å². The molecular weight excluding hydrogens is 332 g/mol. The molecule has 1 heterocycles. The molecule has 4 unspecified atom stereocenters. The molecule has 1 aromatic carbocycles. The molecule has 1 saturated carbocycles. The van der Waals surface area contributed by atoms with Gasteiger partial charge in [0, 0.05) is 17.6 Å². The van der Waals surface area contributed by atoms with Crippen LogP contribution in [0.25, 0.3) is 0 Å². The number of hydrogen-bond acceptors (Lipinski definition) is 3. The monoisotopic (exact) mass is 358 g/mol. The molecule has 2 aliphatic rings. The van der Waals surface area contributed by atoms with E-state index < -0.39 is 18.1 Å². The maximum atomic E-state index is 13.1. The fourth-order valence-electron chi connectivity index (χ4n) is 4.37. The number of carboxylic acid groups (broad SMARTS) is 1. The van der Waals surface area contributed by atoms with Gasteiger partial charge < -0.3 is 15.3 Å².